The number of rotatable bonds is 2. The van der Waals surface area contributed by atoms with Gasteiger partial charge in [0, 0.05) is 37.6 Å². The van der Waals surface area contributed by atoms with Crippen molar-refractivity contribution in [2.75, 3.05) is 13.1 Å². The molecule has 0 aromatic carbocycles. The summed E-state index contributed by atoms with van der Waals surface area (Å²) in [6, 6.07) is 6.54. The van der Waals surface area contributed by atoms with Crippen LogP contribution in [0.2, 0.25) is 0 Å². The maximum atomic E-state index is 6.20. The number of hydrogen-bond donors (Lipinski definition) is 1. The second-order valence-electron chi connectivity index (χ2n) is 6.72. The van der Waals surface area contributed by atoms with E-state index in [1.165, 1.54) is 5.69 Å². The van der Waals surface area contributed by atoms with Crippen LogP contribution in [-0.2, 0) is 6.54 Å². The van der Waals surface area contributed by atoms with E-state index >= 15 is 0 Å². The van der Waals surface area contributed by atoms with Crippen LogP contribution in [-0.4, -0.2) is 33.4 Å². The van der Waals surface area contributed by atoms with Gasteiger partial charge in [0.1, 0.15) is 5.65 Å². The van der Waals surface area contributed by atoms with Crippen molar-refractivity contribution in [3.8, 4) is 0 Å². The molecule has 2 N–H and O–H groups in total. The molecule has 108 valence electrons. The van der Waals surface area contributed by atoms with E-state index in [2.05, 4.69) is 54.5 Å². The zero-order chi connectivity index (χ0) is 14.3. The third-order valence-corrected chi connectivity index (χ3v) is 4.52. The lowest BCUT2D eigenvalue weighted by Crippen LogP contribution is -2.52. The van der Waals surface area contributed by atoms with Gasteiger partial charge >= 0.3 is 0 Å². The molecule has 4 heteroatoms. The highest BCUT2D eigenvalue weighted by Crippen LogP contribution is 2.28. The standard InChI is InChI=1S/C16H24N4/c1-12-5-4-6-15-18-13(10-20(12)15)9-19-8-7-14(17)16(2,3)11-19/h4-6,10,14H,7-9,11,17H2,1-3H3. The number of aryl methyl sites for hydroxylation is 1. The summed E-state index contributed by atoms with van der Waals surface area (Å²) >= 11 is 0. The highest BCUT2D eigenvalue weighted by Gasteiger charge is 2.33. The lowest BCUT2D eigenvalue weighted by atomic mass is 9.80. The van der Waals surface area contributed by atoms with E-state index in [-0.39, 0.29) is 5.41 Å². The second kappa shape index (κ2) is 4.86. The number of imidazole rings is 1. The Labute approximate surface area is 120 Å². The van der Waals surface area contributed by atoms with E-state index in [9.17, 15) is 0 Å². The number of nitrogens with two attached hydrogens (primary N) is 1. The maximum Gasteiger partial charge on any atom is 0.137 e. The fraction of sp³-hybridized carbons (Fsp3) is 0.562. The quantitative estimate of drug-likeness (QED) is 0.911. The van der Waals surface area contributed by atoms with E-state index < -0.39 is 0 Å². The van der Waals surface area contributed by atoms with Crippen LogP contribution in [0, 0.1) is 12.3 Å². The summed E-state index contributed by atoms with van der Waals surface area (Å²) in [5.41, 5.74) is 9.79. The predicted molar refractivity (Wildman–Crippen MR) is 81.6 cm³/mol. The van der Waals surface area contributed by atoms with Gasteiger partial charge in [-0.15, -0.1) is 0 Å². The zero-order valence-electron chi connectivity index (χ0n) is 12.6. The molecule has 2 aromatic rings. The summed E-state index contributed by atoms with van der Waals surface area (Å²) < 4.78 is 2.16. The molecule has 1 aliphatic rings. The van der Waals surface area contributed by atoms with E-state index in [1.807, 2.05) is 0 Å². The lowest BCUT2D eigenvalue weighted by Gasteiger charge is -2.42. The fourth-order valence-corrected chi connectivity index (χ4v) is 3.12. The van der Waals surface area contributed by atoms with Crippen molar-refractivity contribution < 1.29 is 0 Å². The molecule has 1 fully saturated rings. The SMILES string of the molecule is Cc1cccc2nc(CN3CCC(N)C(C)(C)C3)cn12. The Morgan fingerprint density at radius 1 is 1.40 bits per heavy atom. The molecule has 0 bridgehead atoms. The molecule has 1 saturated heterocycles. The Balaban J connectivity index is 1.78. The molecular formula is C16H24N4. The van der Waals surface area contributed by atoms with E-state index in [0.717, 1.165) is 37.4 Å². The highest BCUT2D eigenvalue weighted by atomic mass is 15.2. The smallest absolute Gasteiger partial charge is 0.137 e. The Kier molecular flexibility index (Phi) is 3.30. The molecule has 0 amide bonds. The van der Waals surface area contributed by atoms with Gasteiger partial charge in [0.05, 0.1) is 5.69 Å². The van der Waals surface area contributed by atoms with Gasteiger partial charge in [-0.3, -0.25) is 4.90 Å². The molecule has 20 heavy (non-hydrogen) atoms. The van der Waals surface area contributed by atoms with Crippen LogP contribution >= 0.6 is 0 Å². The van der Waals surface area contributed by atoms with Crippen molar-refractivity contribution in [1.29, 1.82) is 0 Å². The van der Waals surface area contributed by atoms with Gasteiger partial charge in [-0.25, -0.2) is 4.98 Å². The van der Waals surface area contributed by atoms with Crippen molar-refractivity contribution in [3.05, 3.63) is 35.8 Å². The number of fused-ring (bicyclic) bond motifs is 1. The van der Waals surface area contributed by atoms with Crippen LogP contribution < -0.4 is 5.73 Å². The summed E-state index contributed by atoms with van der Waals surface area (Å²) in [7, 11) is 0. The predicted octanol–water partition coefficient (Wildman–Crippen LogP) is 2.20. The van der Waals surface area contributed by atoms with Crippen molar-refractivity contribution in [3.63, 3.8) is 0 Å². The number of hydrogen-bond acceptors (Lipinski definition) is 3. The van der Waals surface area contributed by atoms with Crippen LogP contribution in [0.25, 0.3) is 5.65 Å². The van der Waals surface area contributed by atoms with Crippen LogP contribution in [0.1, 0.15) is 31.7 Å². The second-order valence-corrected chi connectivity index (χ2v) is 6.72. The largest absolute Gasteiger partial charge is 0.327 e. The van der Waals surface area contributed by atoms with E-state index in [1.54, 1.807) is 0 Å². The minimum atomic E-state index is 0.188. The van der Waals surface area contributed by atoms with Gasteiger partial charge in [0.25, 0.3) is 0 Å². The Morgan fingerprint density at radius 2 is 2.20 bits per heavy atom. The molecule has 1 aliphatic heterocycles. The van der Waals surface area contributed by atoms with Crippen molar-refractivity contribution >= 4 is 5.65 Å². The minimum absolute atomic E-state index is 0.188. The number of pyridine rings is 1. The van der Waals surface area contributed by atoms with Crippen LogP contribution in [0.5, 0.6) is 0 Å². The molecule has 0 spiro atoms. The van der Waals surface area contributed by atoms with Gasteiger partial charge in [0.15, 0.2) is 0 Å². The van der Waals surface area contributed by atoms with Gasteiger partial charge < -0.3 is 10.1 Å². The Bertz CT molecular complexity index is 614. The topological polar surface area (TPSA) is 46.6 Å². The summed E-state index contributed by atoms with van der Waals surface area (Å²) in [5.74, 6) is 0. The molecule has 2 aromatic heterocycles. The third kappa shape index (κ3) is 2.45. The summed E-state index contributed by atoms with van der Waals surface area (Å²) in [5, 5.41) is 0. The van der Waals surface area contributed by atoms with E-state index in [4.69, 9.17) is 10.7 Å². The molecule has 1 atom stereocenters. The first-order chi connectivity index (χ1) is 9.45. The monoisotopic (exact) mass is 272 g/mol. The normalized spacial score (nSPS) is 23.3. The van der Waals surface area contributed by atoms with Crippen molar-refractivity contribution in [2.45, 2.75) is 39.8 Å². The Hall–Kier alpha value is -1.39. The van der Waals surface area contributed by atoms with E-state index in [0.29, 0.717) is 6.04 Å². The molecule has 3 rings (SSSR count). The van der Waals surface area contributed by atoms with Gasteiger partial charge in [-0.2, -0.15) is 0 Å². The maximum absolute atomic E-state index is 6.20. The first-order valence-corrected chi connectivity index (χ1v) is 7.37. The van der Waals surface area contributed by atoms with Crippen molar-refractivity contribution in [1.82, 2.24) is 14.3 Å². The number of aromatic nitrogens is 2. The lowest BCUT2D eigenvalue weighted by molar-refractivity contribution is 0.0890. The Morgan fingerprint density at radius 3 is 2.90 bits per heavy atom. The molecule has 4 nitrogen and oxygen atoms in total. The van der Waals surface area contributed by atoms with Gasteiger partial charge in [0.2, 0.25) is 0 Å². The highest BCUT2D eigenvalue weighted by molar-refractivity contribution is 5.41. The van der Waals surface area contributed by atoms with Crippen LogP contribution in [0.4, 0.5) is 0 Å². The first kappa shape index (κ1) is 13.6. The van der Waals surface area contributed by atoms with Crippen LogP contribution in [0.15, 0.2) is 24.4 Å². The van der Waals surface area contributed by atoms with Gasteiger partial charge in [-0.1, -0.05) is 19.9 Å². The minimum Gasteiger partial charge on any atom is -0.327 e. The summed E-state index contributed by atoms with van der Waals surface area (Å²) in [4.78, 5) is 7.20. The third-order valence-electron chi connectivity index (χ3n) is 4.52. The van der Waals surface area contributed by atoms with Crippen molar-refractivity contribution in [2.24, 2.45) is 11.1 Å². The first-order valence-electron chi connectivity index (χ1n) is 7.37. The summed E-state index contributed by atoms with van der Waals surface area (Å²) in [6.45, 7) is 9.66. The molecule has 3 heterocycles. The van der Waals surface area contributed by atoms with Gasteiger partial charge in [-0.05, 0) is 30.9 Å². The number of likely N-dealkylation sites (tertiary alicyclic amines) is 1. The molecule has 0 saturated carbocycles. The average Bonchev–Trinajstić information content (AvgIpc) is 2.77. The van der Waals surface area contributed by atoms with Crippen LogP contribution in [0.3, 0.4) is 0 Å². The summed E-state index contributed by atoms with van der Waals surface area (Å²) in [6.07, 6.45) is 3.23. The molecule has 0 radical (unpaired) electrons. The fourth-order valence-electron chi connectivity index (χ4n) is 3.12. The average molecular weight is 272 g/mol. The molecule has 0 aliphatic carbocycles. The number of piperidine rings is 1. The molecular weight excluding hydrogens is 248 g/mol. The zero-order valence-corrected chi connectivity index (χ0v) is 12.6. The molecule has 1 unspecified atom stereocenters. The number of nitrogens with zero attached hydrogens (tertiary/aromatic N) is 3.